The lowest BCUT2D eigenvalue weighted by atomic mass is 10.1. The highest BCUT2D eigenvalue weighted by molar-refractivity contribution is 5.79. The van der Waals surface area contributed by atoms with Crippen molar-refractivity contribution in [1.82, 2.24) is 0 Å². The van der Waals surface area contributed by atoms with Crippen LogP contribution in [0.5, 0.6) is 0 Å². The van der Waals surface area contributed by atoms with Crippen LogP contribution >= 0.6 is 0 Å². The molecule has 0 unspecified atom stereocenters. The van der Waals surface area contributed by atoms with E-state index in [0.29, 0.717) is 19.1 Å². The van der Waals surface area contributed by atoms with Crippen molar-refractivity contribution >= 4 is 5.84 Å². The molecular weight excluding hydrogens is 184 g/mol. The fourth-order valence-electron chi connectivity index (χ4n) is 1.40. The van der Waals surface area contributed by atoms with Gasteiger partial charge in [0.25, 0.3) is 0 Å². The Morgan fingerprint density at radius 2 is 2.21 bits per heavy atom. The Hall–Kier alpha value is -0.810. The number of amidine groups is 1. The van der Waals surface area contributed by atoms with Gasteiger partial charge in [0, 0.05) is 26.2 Å². The highest BCUT2D eigenvalue weighted by Crippen LogP contribution is 2.10. The number of oxime groups is 1. The first kappa shape index (κ1) is 11.3. The summed E-state index contributed by atoms with van der Waals surface area (Å²) in [5, 5.41) is 11.2. The van der Waals surface area contributed by atoms with Crippen LogP contribution in [-0.2, 0) is 9.47 Å². The predicted molar refractivity (Wildman–Crippen MR) is 52.4 cm³/mol. The highest BCUT2D eigenvalue weighted by atomic mass is 16.5. The lowest BCUT2D eigenvalue weighted by Crippen LogP contribution is -2.24. The normalized spacial score (nSPS) is 19.9. The smallest absolute Gasteiger partial charge is 0.139 e. The first-order valence-electron chi connectivity index (χ1n) is 4.98. The van der Waals surface area contributed by atoms with E-state index in [1.165, 1.54) is 0 Å². The maximum atomic E-state index is 8.29. The van der Waals surface area contributed by atoms with E-state index in [2.05, 4.69) is 5.16 Å². The molecule has 0 saturated carbocycles. The first-order chi connectivity index (χ1) is 6.83. The van der Waals surface area contributed by atoms with Crippen molar-refractivity contribution in [3.05, 3.63) is 0 Å². The molecule has 1 aliphatic rings. The molecule has 0 radical (unpaired) electrons. The van der Waals surface area contributed by atoms with Gasteiger partial charge in [0.15, 0.2) is 0 Å². The lowest BCUT2D eigenvalue weighted by molar-refractivity contribution is -0.0319. The molecule has 5 heteroatoms. The Morgan fingerprint density at radius 3 is 2.86 bits per heavy atom. The van der Waals surface area contributed by atoms with Crippen LogP contribution in [0.2, 0.25) is 0 Å². The fraction of sp³-hybridized carbons (Fsp3) is 0.889. The van der Waals surface area contributed by atoms with Crippen LogP contribution in [0.1, 0.15) is 25.7 Å². The van der Waals surface area contributed by atoms with Crippen molar-refractivity contribution in [2.45, 2.75) is 31.8 Å². The van der Waals surface area contributed by atoms with E-state index < -0.39 is 0 Å². The molecule has 1 rings (SSSR count). The van der Waals surface area contributed by atoms with Crippen molar-refractivity contribution in [2.75, 3.05) is 19.8 Å². The Labute approximate surface area is 83.9 Å². The third-order valence-corrected chi connectivity index (χ3v) is 2.23. The molecule has 0 aromatic heterocycles. The van der Waals surface area contributed by atoms with E-state index in [9.17, 15) is 0 Å². The summed E-state index contributed by atoms with van der Waals surface area (Å²) in [5.74, 6) is 0.264. The summed E-state index contributed by atoms with van der Waals surface area (Å²) in [5.41, 5.74) is 5.32. The largest absolute Gasteiger partial charge is 0.409 e. The van der Waals surface area contributed by atoms with Crippen molar-refractivity contribution in [3.63, 3.8) is 0 Å². The Balaban J connectivity index is 1.97. The summed E-state index contributed by atoms with van der Waals surface area (Å²) in [4.78, 5) is 0. The lowest BCUT2D eigenvalue weighted by Gasteiger charge is -2.22. The number of hydrogen-bond donors (Lipinski definition) is 2. The van der Waals surface area contributed by atoms with Gasteiger partial charge in [-0.3, -0.25) is 0 Å². The van der Waals surface area contributed by atoms with E-state index >= 15 is 0 Å². The van der Waals surface area contributed by atoms with Crippen molar-refractivity contribution in [2.24, 2.45) is 10.9 Å². The van der Waals surface area contributed by atoms with E-state index in [1.54, 1.807) is 0 Å². The minimum absolute atomic E-state index is 0.264. The molecule has 82 valence electrons. The van der Waals surface area contributed by atoms with Crippen LogP contribution in [0.4, 0.5) is 0 Å². The molecule has 0 aliphatic carbocycles. The number of nitrogens with two attached hydrogens (primary N) is 1. The second kappa shape index (κ2) is 6.62. The van der Waals surface area contributed by atoms with E-state index in [1.807, 2.05) is 0 Å². The van der Waals surface area contributed by atoms with Crippen LogP contribution in [0.25, 0.3) is 0 Å². The molecule has 0 bridgehead atoms. The van der Waals surface area contributed by atoms with Crippen LogP contribution in [0, 0.1) is 0 Å². The van der Waals surface area contributed by atoms with Crippen LogP contribution < -0.4 is 5.73 Å². The summed E-state index contributed by atoms with van der Waals surface area (Å²) < 4.78 is 10.8. The molecule has 0 spiro atoms. The second-order valence-electron chi connectivity index (χ2n) is 3.38. The summed E-state index contributed by atoms with van der Waals surface area (Å²) in [6.07, 6.45) is 3.66. The predicted octanol–water partition coefficient (Wildman–Crippen LogP) is 0.709. The van der Waals surface area contributed by atoms with Crippen molar-refractivity contribution < 1.29 is 14.7 Å². The molecule has 0 atom stereocenters. The molecular formula is C9H18N2O3. The topological polar surface area (TPSA) is 77.1 Å². The zero-order valence-electron chi connectivity index (χ0n) is 8.32. The molecule has 1 aliphatic heterocycles. The number of nitrogens with zero attached hydrogens (tertiary/aromatic N) is 1. The van der Waals surface area contributed by atoms with Crippen molar-refractivity contribution in [3.8, 4) is 0 Å². The molecule has 1 fully saturated rings. The number of rotatable bonds is 5. The van der Waals surface area contributed by atoms with Gasteiger partial charge in [-0.25, -0.2) is 0 Å². The van der Waals surface area contributed by atoms with E-state index in [4.69, 9.17) is 20.4 Å². The maximum Gasteiger partial charge on any atom is 0.139 e. The Bertz CT molecular complexity index is 179. The summed E-state index contributed by atoms with van der Waals surface area (Å²) in [6, 6.07) is 0. The van der Waals surface area contributed by atoms with Gasteiger partial charge in [0.2, 0.25) is 0 Å². The molecule has 5 nitrogen and oxygen atoms in total. The van der Waals surface area contributed by atoms with E-state index in [0.717, 1.165) is 32.5 Å². The zero-order chi connectivity index (χ0) is 10.2. The Morgan fingerprint density at radius 1 is 1.50 bits per heavy atom. The van der Waals surface area contributed by atoms with Crippen LogP contribution in [0.15, 0.2) is 5.16 Å². The van der Waals surface area contributed by atoms with Gasteiger partial charge in [-0.1, -0.05) is 5.16 Å². The summed E-state index contributed by atoms with van der Waals surface area (Å²) in [6.45, 7) is 2.26. The summed E-state index contributed by atoms with van der Waals surface area (Å²) >= 11 is 0. The average Bonchev–Trinajstić information content (AvgIpc) is 2.25. The van der Waals surface area contributed by atoms with Gasteiger partial charge in [-0.15, -0.1) is 0 Å². The zero-order valence-corrected chi connectivity index (χ0v) is 8.32. The third-order valence-electron chi connectivity index (χ3n) is 2.23. The van der Waals surface area contributed by atoms with Gasteiger partial charge >= 0.3 is 0 Å². The molecule has 1 heterocycles. The first-order valence-corrected chi connectivity index (χ1v) is 4.98. The van der Waals surface area contributed by atoms with Crippen molar-refractivity contribution in [1.29, 1.82) is 0 Å². The average molecular weight is 202 g/mol. The quantitative estimate of drug-likeness (QED) is 0.226. The molecule has 14 heavy (non-hydrogen) atoms. The van der Waals surface area contributed by atoms with E-state index in [-0.39, 0.29) is 5.84 Å². The Kier molecular flexibility index (Phi) is 5.32. The minimum Gasteiger partial charge on any atom is -0.409 e. The third kappa shape index (κ3) is 4.43. The van der Waals surface area contributed by atoms with Gasteiger partial charge in [-0.05, 0) is 19.3 Å². The molecule has 3 N–H and O–H groups in total. The van der Waals surface area contributed by atoms with Gasteiger partial charge < -0.3 is 20.4 Å². The fourth-order valence-corrected chi connectivity index (χ4v) is 1.40. The second-order valence-corrected chi connectivity index (χ2v) is 3.38. The molecule has 0 aromatic rings. The number of ether oxygens (including phenoxy) is 2. The number of hydrogen-bond acceptors (Lipinski definition) is 4. The van der Waals surface area contributed by atoms with Gasteiger partial charge in [-0.2, -0.15) is 0 Å². The standard InChI is InChI=1S/C9H18N2O3/c10-9(11-12)2-1-5-14-8-3-6-13-7-4-8/h8,12H,1-7H2,(H2,10,11). The van der Waals surface area contributed by atoms with Gasteiger partial charge in [0.1, 0.15) is 5.84 Å². The van der Waals surface area contributed by atoms with Crippen LogP contribution in [-0.4, -0.2) is 37.0 Å². The van der Waals surface area contributed by atoms with Gasteiger partial charge in [0.05, 0.1) is 6.10 Å². The monoisotopic (exact) mass is 202 g/mol. The highest BCUT2D eigenvalue weighted by Gasteiger charge is 2.13. The van der Waals surface area contributed by atoms with Crippen LogP contribution in [0.3, 0.4) is 0 Å². The molecule has 0 amide bonds. The molecule has 0 aromatic carbocycles. The summed E-state index contributed by atoms with van der Waals surface area (Å²) in [7, 11) is 0. The minimum atomic E-state index is 0.264. The SMILES string of the molecule is N/C(CCCOC1CCOCC1)=N/O. The maximum absolute atomic E-state index is 8.29. The molecule has 1 saturated heterocycles.